The minimum atomic E-state index is 0.202. The third-order valence-electron chi connectivity index (χ3n) is 4.28. The predicted octanol–water partition coefficient (Wildman–Crippen LogP) is 3.91. The van der Waals surface area contributed by atoms with Crippen LogP contribution in [0, 0.1) is 0 Å². The Morgan fingerprint density at radius 2 is 2.00 bits per heavy atom. The van der Waals surface area contributed by atoms with Gasteiger partial charge in [-0.05, 0) is 42.2 Å². The Morgan fingerprint density at radius 3 is 2.88 bits per heavy atom. The van der Waals surface area contributed by atoms with Crippen LogP contribution in [-0.4, -0.2) is 22.9 Å². The van der Waals surface area contributed by atoms with Crippen LogP contribution >= 0.6 is 0 Å². The van der Waals surface area contributed by atoms with E-state index in [1.165, 1.54) is 11.8 Å². The average molecular weight is 324 g/mol. The summed E-state index contributed by atoms with van der Waals surface area (Å²) < 4.78 is 16.8. The highest BCUT2D eigenvalue weighted by Crippen LogP contribution is 2.21. The second-order valence-electron chi connectivity index (χ2n) is 6.09. The van der Waals surface area contributed by atoms with Crippen molar-refractivity contribution in [2.24, 2.45) is 0 Å². The number of hydrogen-bond acceptors (Lipinski definition) is 5. The maximum Gasteiger partial charge on any atom is 0.229 e. The minimum Gasteiger partial charge on any atom is -0.485 e. The lowest BCUT2D eigenvalue weighted by molar-refractivity contribution is 0.0124. The number of rotatable bonds is 5. The molecule has 1 saturated heterocycles. The van der Waals surface area contributed by atoms with E-state index in [0.29, 0.717) is 24.7 Å². The number of nitrogens with zero attached hydrogens (tertiary/aromatic N) is 2. The molecular weight excluding hydrogens is 304 g/mol. The zero-order valence-electron chi connectivity index (χ0n) is 13.5. The maximum atomic E-state index is 5.79. The molecule has 1 aromatic heterocycles. The van der Waals surface area contributed by atoms with Crippen LogP contribution in [0.4, 0.5) is 0 Å². The fourth-order valence-corrected chi connectivity index (χ4v) is 3.00. The van der Waals surface area contributed by atoms with Gasteiger partial charge in [-0.15, -0.1) is 0 Å². The number of ether oxygens (including phenoxy) is 2. The summed E-state index contributed by atoms with van der Waals surface area (Å²) in [6, 6.07) is 14.2. The van der Waals surface area contributed by atoms with E-state index < -0.39 is 0 Å². The standard InChI is InChI=1S/C19H20N2O3/c1-2-6-15-11-17(9-8-14(15)5-1)23-13-18-20-19(24-21-18)12-16-7-3-4-10-22-16/h1-2,5-6,8-9,11,16H,3-4,7,10,12-13H2. The van der Waals surface area contributed by atoms with Crippen LogP contribution in [0.1, 0.15) is 31.0 Å². The van der Waals surface area contributed by atoms with Gasteiger partial charge in [-0.3, -0.25) is 0 Å². The molecule has 3 aromatic rings. The second-order valence-corrected chi connectivity index (χ2v) is 6.09. The first-order valence-electron chi connectivity index (χ1n) is 8.41. The molecule has 1 atom stereocenters. The Balaban J connectivity index is 1.36. The van der Waals surface area contributed by atoms with Gasteiger partial charge >= 0.3 is 0 Å². The normalized spacial score (nSPS) is 17.9. The highest BCUT2D eigenvalue weighted by molar-refractivity contribution is 5.83. The molecule has 0 radical (unpaired) electrons. The third-order valence-corrected chi connectivity index (χ3v) is 4.28. The van der Waals surface area contributed by atoms with E-state index in [1.54, 1.807) is 0 Å². The summed E-state index contributed by atoms with van der Waals surface area (Å²) in [5.41, 5.74) is 0. The molecule has 24 heavy (non-hydrogen) atoms. The topological polar surface area (TPSA) is 57.4 Å². The molecule has 5 heteroatoms. The summed E-state index contributed by atoms with van der Waals surface area (Å²) in [5.74, 6) is 1.99. The van der Waals surface area contributed by atoms with Crippen molar-refractivity contribution >= 4 is 10.8 Å². The fourth-order valence-electron chi connectivity index (χ4n) is 3.00. The van der Waals surface area contributed by atoms with Crippen LogP contribution in [0.3, 0.4) is 0 Å². The Bertz CT molecular complexity index is 809. The van der Waals surface area contributed by atoms with E-state index in [9.17, 15) is 0 Å². The van der Waals surface area contributed by atoms with Crippen LogP contribution in [-0.2, 0) is 17.8 Å². The molecule has 0 bridgehead atoms. The van der Waals surface area contributed by atoms with Crippen LogP contribution in [0.5, 0.6) is 5.75 Å². The van der Waals surface area contributed by atoms with Crippen molar-refractivity contribution in [2.75, 3.05) is 6.61 Å². The lowest BCUT2D eigenvalue weighted by Crippen LogP contribution is -2.21. The molecular formula is C19H20N2O3. The quantitative estimate of drug-likeness (QED) is 0.712. The first kappa shape index (κ1) is 15.1. The van der Waals surface area contributed by atoms with Crippen molar-refractivity contribution in [1.82, 2.24) is 10.1 Å². The van der Waals surface area contributed by atoms with E-state index in [1.807, 2.05) is 30.3 Å². The molecule has 124 valence electrons. The molecule has 2 aromatic carbocycles. The smallest absolute Gasteiger partial charge is 0.229 e. The molecule has 2 heterocycles. The molecule has 1 unspecified atom stereocenters. The molecule has 5 nitrogen and oxygen atoms in total. The van der Waals surface area contributed by atoms with Gasteiger partial charge < -0.3 is 14.0 Å². The van der Waals surface area contributed by atoms with E-state index in [-0.39, 0.29) is 6.10 Å². The Morgan fingerprint density at radius 1 is 1.08 bits per heavy atom. The number of hydrogen-bond donors (Lipinski definition) is 0. The minimum absolute atomic E-state index is 0.202. The van der Waals surface area contributed by atoms with Gasteiger partial charge in [0.1, 0.15) is 5.75 Å². The van der Waals surface area contributed by atoms with Crippen molar-refractivity contribution in [3.8, 4) is 5.75 Å². The summed E-state index contributed by atoms with van der Waals surface area (Å²) in [5, 5.41) is 6.34. The summed E-state index contributed by atoms with van der Waals surface area (Å²) >= 11 is 0. The maximum absolute atomic E-state index is 5.79. The van der Waals surface area contributed by atoms with Crippen molar-refractivity contribution < 1.29 is 14.0 Å². The lowest BCUT2D eigenvalue weighted by atomic mass is 10.1. The predicted molar refractivity (Wildman–Crippen MR) is 89.9 cm³/mol. The monoisotopic (exact) mass is 324 g/mol. The molecule has 0 spiro atoms. The molecule has 0 N–H and O–H groups in total. The lowest BCUT2D eigenvalue weighted by Gasteiger charge is -2.20. The summed E-state index contributed by atoms with van der Waals surface area (Å²) in [7, 11) is 0. The first-order chi connectivity index (χ1) is 11.9. The average Bonchev–Trinajstić information content (AvgIpc) is 3.08. The van der Waals surface area contributed by atoms with Crippen LogP contribution < -0.4 is 4.74 Å². The first-order valence-corrected chi connectivity index (χ1v) is 8.41. The van der Waals surface area contributed by atoms with Gasteiger partial charge in [-0.2, -0.15) is 4.98 Å². The number of aromatic nitrogens is 2. The van der Waals surface area contributed by atoms with E-state index in [0.717, 1.165) is 30.6 Å². The molecule has 1 fully saturated rings. The summed E-state index contributed by atoms with van der Waals surface area (Å²) in [6.45, 7) is 1.13. The van der Waals surface area contributed by atoms with E-state index in [2.05, 4.69) is 22.3 Å². The summed E-state index contributed by atoms with van der Waals surface area (Å²) in [6.07, 6.45) is 4.30. The van der Waals surface area contributed by atoms with Gasteiger partial charge in [0.25, 0.3) is 0 Å². The third kappa shape index (κ3) is 3.57. The van der Waals surface area contributed by atoms with E-state index in [4.69, 9.17) is 14.0 Å². The van der Waals surface area contributed by atoms with E-state index >= 15 is 0 Å². The zero-order valence-corrected chi connectivity index (χ0v) is 13.5. The Hall–Kier alpha value is -2.40. The largest absolute Gasteiger partial charge is 0.485 e. The molecule has 0 amide bonds. The van der Waals surface area contributed by atoms with Crippen molar-refractivity contribution in [1.29, 1.82) is 0 Å². The van der Waals surface area contributed by atoms with Crippen LogP contribution in [0.25, 0.3) is 10.8 Å². The molecule has 0 saturated carbocycles. The van der Waals surface area contributed by atoms with Crippen molar-refractivity contribution in [3.63, 3.8) is 0 Å². The Labute approximate surface area is 140 Å². The highest BCUT2D eigenvalue weighted by Gasteiger charge is 2.18. The van der Waals surface area contributed by atoms with Crippen molar-refractivity contribution in [3.05, 3.63) is 54.2 Å². The Kier molecular flexibility index (Phi) is 4.42. The molecule has 1 aliphatic heterocycles. The van der Waals surface area contributed by atoms with Crippen LogP contribution in [0.2, 0.25) is 0 Å². The van der Waals surface area contributed by atoms with Gasteiger partial charge in [0.05, 0.1) is 12.5 Å². The zero-order chi connectivity index (χ0) is 16.2. The second kappa shape index (κ2) is 7.01. The fraction of sp³-hybridized carbons (Fsp3) is 0.368. The van der Waals surface area contributed by atoms with Gasteiger partial charge in [0.15, 0.2) is 6.61 Å². The number of benzene rings is 2. The molecule has 1 aliphatic rings. The van der Waals surface area contributed by atoms with Gasteiger partial charge in [0, 0.05) is 6.61 Å². The SMILES string of the molecule is c1ccc2cc(OCc3noc(CC4CCCCO4)n3)ccc2c1. The van der Waals surface area contributed by atoms with Crippen LogP contribution in [0.15, 0.2) is 47.0 Å². The van der Waals surface area contributed by atoms with Crippen molar-refractivity contribution in [2.45, 2.75) is 38.4 Å². The molecule has 0 aliphatic carbocycles. The van der Waals surface area contributed by atoms with Gasteiger partial charge in [0.2, 0.25) is 11.7 Å². The highest BCUT2D eigenvalue weighted by atomic mass is 16.5. The van der Waals surface area contributed by atoms with Gasteiger partial charge in [-0.25, -0.2) is 0 Å². The summed E-state index contributed by atoms with van der Waals surface area (Å²) in [4.78, 5) is 4.40. The van der Waals surface area contributed by atoms with Gasteiger partial charge in [-0.1, -0.05) is 35.5 Å². The number of fused-ring (bicyclic) bond motifs is 1. The molecule has 4 rings (SSSR count).